The summed E-state index contributed by atoms with van der Waals surface area (Å²) >= 11 is 0. The Bertz CT molecular complexity index is 548. The molecule has 1 aliphatic heterocycles. The van der Waals surface area contributed by atoms with Crippen molar-refractivity contribution in [1.29, 1.82) is 0 Å². The third-order valence-electron chi connectivity index (χ3n) is 3.76. The lowest BCUT2D eigenvalue weighted by molar-refractivity contribution is -0.123. The number of para-hydroxylation sites is 2. The van der Waals surface area contributed by atoms with Gasteiger partial charge in [0, 0.05) is 19.8 Å². The zero-order valence-corrected chi connectivity index (χ0v) is 14.3. The van der Waals surface area contributed by atoms with Crippen LogP contribution < -0.4 is 15.0 Å². The molecule has 0 atom stereocenters. The van der Waals surface area contributed by atoms with Gasteiger partial charge in [0.2, 0.25) is 11.8 Å². The lowest BCUT2D eigenvalue weighted by Crippen LogP contribution is -2.41. The lowest BCUT2D eigenvalue weighted by atomic mass is 10.2. The van der Waals surface area contributed by atoms with Gasteiger partial charge in [-0.1, -0.05) is 25.5 Å². The van der Waals surface area contributed by atoms with Crippen molar-refractivity contribution < 1.29 is 19.1 Å². The zero-order chi connectivity index (χ0) is 17.2. The first-order chi connectivity index (χ1) is 11.7. The van der Waals surface area contributed by atoms with Crippen LogP contribution >= 0.6 is 0 Å². The van der Waals surface area contributed by atoms with E-state index in [1.807, 2.05) is 18.2 Å². The minimum atomic E-state index is -0.173. The van der Waals surface area contributed by atoms with Gasteiger partial charge in [0.05, 0.1) is 18.7 Å². The number of benzene rings is 1. The molecule has 1 N–H and O–H groups in total. The molecule has 6 heteroatoms. The van der Waals surface area contributed by atoms with Crippen molar-refractivity contribution in [2.45, 2.75) is 32.6 Å². The van der Waals surface area contributed by atoms with Crippen LogP contribution in [0.15, 0.2) is 24.3 Å². The highest BCUT2D eigenvalue weighted by Gasteiger charge is 2.24. The summed E-state index contributed by atoms with van der Waals surface area (Å²) in [7, 11) is 0. The van der Waals surface area contributed by atoms with Crippen molar-refractivity contribution in [1.82, 2.24) is 5.32 Å². The molecule has 0 saturated carbocycles. The largest absolute Gasteiger partial charge is 0.491 e. The number of rotatable bonds is 9. The van der Waals surface area contributed by atoms with E-state index in [-0.39, 0.29) is 24.8 Å². The van der Waals surface area contributed by atoms with Crippen LogP contribution in [0, 0.1) is 0 Å². The van der Waals surface area contributed by atoms with E-state index in [0.717, 1.165) is 25.9 Å². The van der Waals surface area contributed by atoms with Gasteiger partial charge in [-0.25, -0.2) is 0 Å². The number of carbonyl (C=O) groups excluding carboxylic acids is 2. The second kappa shape index (κ2) is 9.93. The molecule has 1 aromatic carbocycles. The van der Waals surface area contributed by atoms with Gasteiger partial charge in [0.1, 0.15) is 12.3 Å². The molecule has 0 spiro atoms. The molecule has 6 nitrogen and oxygen atoms in total. The maximum absolute atomic E-state index is 12.2. The van der Waals surface area contributed by atoms with Crippen LogP contribution in [0.1, 0.15) is 32.6 Å². The number of fused-ring (bicyclic) bond motifs is 1. The SMILES string of the molecule is CCCCOCCCNC(=O)CN1C(=O)CCOc2ccccc21. The Balaban J connectivity index is 1.79. The summed E-state index contributed by atoms with van der Waals surface area (Å²) in [5.74, 6) is 0.368. The molecule has 1 heterocycles. The smallest absolute Gasteiger partial charge is 0.240 e. The monoisotopic (exact) mass is 334 g/mol. The third kappa shape index (κ3) is 5.53. The molecule has 0 fully saturated rings. The number of nitrogens with zero attached hydrogens (tertiary/aromatic N) is 1. The van der Waals surface area contributed by atoms with Gasteiger partial charge in [-0.05, 0) is 25.0 Å². The van der Waals surface area contributed by atoms with Crippen LogP contribution in [0.5, 0.6) is 5.75 Å². The summed E-state index contributed by atoms with van der Waals surface area (Å²) in [6.45, 7) is 4.42. The fourth-order valence-electron chi connectivity index (χ4n) is 2.44. The highest BCUT2D eigenvalue weighted by Crippen LogP contribution is 2.30. The average Bonchev–Trinajstić information content (AvgIpc) is 2.74. The Morgan fingerprint density at radius 1 is 1.29 bits per heavy atom. The third-order valence-corrected chi connectivity index (χ3v) is 3.76. The van der Waals surface area contributed by atoms with E-state index >= 15 is 0 Å². The Labute approximate surface area is 143 Å². The topological polar surface area (TPSA) is 67.9 Å². The van der Waals surface area contributed by atoms with Crippen LogP contribution in [0.3, 0.4) is 0 Å². The molecular formula is C18H26N2O4. The molecule has 1 aliphatic rings. The number of ether oxygens (including phenoxy) is 2. The number of nitrogens with one attached hydrogen (secondary N) is 1. The van der Waals surface area contributed by atoms with Gasteiger partial charge in [-0.15, -0.1) is 0 Å². The summed E-state index contributed by atoms with van der Waals surface area (Å²) in [5, 5.41) is 2.84. The normalized spacial score (nSPS) is 13.9. The Morgan fingerprint density at radius 2 is 2.08 bits per heavy atom. The quantitative estimate of drug-likeness (QED) is 0.703. The Morgan fingerprint density at radius 3 is 2.92 bits per heavy atom. The van der Waals surface area contributed by atoms with E-state index in [1.165, 1.54) is 4.90 Å². The molecule has 0 aromatic heterocycles. The van der Waals surface area contributed by atoms with E-state index in [9.17, 15) is 9.59 Å². The van der Waals surface area contributed by atoms with Crippen LogP contribution in [0.25, 0.3) is 0 Å². The lowest BCUT2D eigenvalue weighted by Gasteiger charge is -2.21. The zero-order valence-electron chi connectivity index (χ0n) is 14.3. The van der Waals surface area contributed by atoms with E-state index in [4.69, 9.17) is 9.47 Å². The summed E-state index contributed by atoms with van der Waals surface area (Å²) in [6, 6.07) is 7.30. The van der Waals surface area contributed by atoms with Crippen LogP contribution in [0.2, 0.25) is 0 Å². The fourth-order valence-corrected chi connectivity index (χ4v) is 2.44. The average molecular weight is 334 g/mol. The van der Waals surface area contributed by atoms with Crippen molar-refractivity contribution in [2.24, 2.45) is 0 Å². The molecule has 1 aromatic rings. The maximum Gasteiger partial charge on any atom is 0.240 e. The van der Waals surface area contributed by atoms with Crippen LogP contribution in [-0.4, -0.2) is 44.7 Å². The summed E-state index contributed by atoms with van der Waals surface area (Å²) in [6.07, 6.45) is 3.22. The van der Waals surface area contributed by atoms with Crippen LogP contribution in [0.4, 0.5) is 5.69 Å². The number of anilines is 1. The molecule has 2 amide bonds. The van der Waals surface area contributed by atoms with Crippen molar-refractivity contribution in [2.75, 3.05) is 37.8 Å². The molecule has 0 aliphatic carbocycles. The predicted octanol–water partition coefficient (Wildman–Crippen LogP) is 2.13. The van der Waals surface area contributed by atoms with Crippen molar-refractivity contribution in [3.63, 3.8) is 0 Å². The summed E-state index contributed by atoms with van der Waals surface area (Å²) < 4.78 is 11.0. The number of hydrogen-bond donors (Lipinski definition) is 1. The number of amides is 2. The Kier molecular flexibility index (Phi) is 7.55. The molecule has 0 saturated heterocycles. The minimum Gasteiger partial charge on any atom is -0.491 e. The first-order valence-corrected chi connectivity index (χ1v) is 8.59. The van der Waals surface area contributed by atoms with Gasteiger partial charge < -0.3 is 14.8 Å². The molecule has 0 unspecified atom stereocenters. The first-order valence-electron chi connectivity index (χ1n) is 8.59. The molecule has 132 valence electrons. The van der Waals surface area contributed by atoms with Gasteiger partial charge in [0.25, 0.3) is 0 Å². The molecule has 0 bridgehead atoms. The van der Waals surface area contributed by atoms with Crippen molar-refractivity contribution in [3.8, 4) is 5.75 Å². The highest BCUT2D eigenvalue weighted by molar-refractivity contribution is 6.00. The molecule has 0 radical (unpaired) electrons. The van der Waals surface area contributed by atoms with E-state index in [2.05, 4.69) is 12.2 Å². The highest BCUT2D eigenvalue weighted by atomic mass is 16.5. The first kappa shape index (κ1) is 18.3. The molecule has 24 heavy (non-hydrogen) atoms. The predicted molar refractivity (Wildman–Crippen MR) is 92.3 cm³/mol. The van der Waals surface area contributed by atoms with Crippen molar-refractivity contribution in [3.05, 3.63) is 24.3 Å². The van der Waals surface area contributed by atoms with Crippen molar-refractivity contribution >= 4 is 17.5 Å². The van der Waals surface area contributed by atoms with Gasteiger partial charge in [-0.2, -0.15) is 0 Å². The number of carbonyl (C=O) groups is 2. The molecular weight excluding hydrogens is 308 g/mol. The van der Waals surface area contributed by atoms with Gasteiger partial charge >= 0.3 is 0 Å². The maximum atomic E-state index is 12.2. The summed E-state index contributed by atoms with van der Waals surface area (Å²) in [4.78, 5) is 25.9. The second-order valence-electron chi connectivity index (χ2n) is 5.72. The van der Waals surface area contributed by atoms with Crippen LogP contribution in [-0.2, 0) is 14.3 Å². The summed E-state index contributed by atoms with van der Waals surface area (Å²) in [5.41, 5.74) is 0.651. The number of unbranched alkanes of at least 4 members (excludes halogenated alkanes) is 1. The fraction of sp³-hybridized carbons (Fsp3) is 0.556. The standard InChI is InChI=1S/C18H26N2O4/c1-2-3-11-23-12-6-10-19-17(21)14-20-15-7-4-5-8-16(15)24-13-9-18(20)22/h4-5,7-8H,2-3,6,9-14H2,1H3,(H,19,21). The van der Waals surface area contributed by atoms with Gasteiger partial charge in [0.15, 0.2) is 0 Å². The van der Waals surface area contributed by atoms with E-state index in [0.29, 0.717) is 31.2 Å². The van der Waals surface area contributed by atoms with Gasteiger partial charge in [-0.3, -0.25) is 14.5 Å². The van der Waals surface area contributed by atoms with E-state index < -0.39 is 0 Å². The van der Waals surface area contributed by atoms with E-state index in [1.54, 1.807) is 6.07 Å². The second-order valence-corrected chi connectivity index (χ2v) is 5.72. The molecule has 2 rings (SSSR count). The Hall–Kier alpha value is -2.08. The minimum absolute atomic E-state index is 0.00982. The number of hydrogen-bond acceptors (Lipinski definition) is 4.